The van der Waals surface area contributed by atoms with Crippen molar-refractivity contribution in [1.29, 1.82) is 0 Å². The maximum absolute atomic E-state index is 12.4. The van der Waals surface area contributed by atoms with Crippen molar-refractivity contribution in [1.82, 2.24) is 10.6 Å². The summed E-state index contributed by atoms with van der Waals surface area (Å²) in [6, 6.07) is -2.97. The first-order valence-corrected chi connectivity index (χ1v) is 12.7. The lowest BCUT2D eigenvalue weighted by Crippen LogP contribution is -2.69. The smallest absolute Gasteiger partial charge is 0.250 e. The van der Waals surface area contributed by atoms with E-state index in [0.29, 0.717) is 12.8 Å². The Bertz CT molecular complexity index is 751. The third kappa shape index (κ3) is 6.94. The molecule has 1 amide bonds. The molecule has 0 aromatic heterocycles. The zero-order valence-corrected chi connectivity index (χ0v) is 21.3. The van der Waals surface area contributed by atoms with Crippen LogP contribution in [0.25, 0.3) is 0 Å². The van der Waals surface area contributed by atoms with E-state index in [1.807, 2.05) is 0 Å². The van der Waals surface area contributed by atoms with Crippen molar-refractivity contribution in [3.63, 3.8) is 0 Å². The lowest BCUT2D eigenvalue weighted by Gasteiger charge is -2.49. The summed E-state index contributed by atoms with van der Waals surface area (Å²) in [4.78, 5) is 12.4. The second-order valence-electron chi connectivity index (χ2n) is 10.4. The summed E-state index contributed by atoms with van der Waals surface area (Å²) >= 11 is 0. The third-order valence-corrected chi connectivity index (χ3v) is 7.36. The highest BCUT2D eigenvalue weighted by Crippen LogP contribution is 2.32. The number of aliphatic hydroxyl groups excluding tert-OH is 3. The molecule has 0 aromatic carbocycles. The van der Waals surface area contributed by atoms with Gasteiger partial charge in [0.25, 0.3) is 0 Å². The van der Waals surface area contributed by atoms with Crippen LogP contribution in [-0.4, -0.2) is 132 Å². The molecule has 15 nitrogen and oxygen atoms in total. The number of nitrogens with two attached hydrogens (primary N) is 4. The minimum Gasteiger partial charge on any atom is -0.388 e. The molecular weight excluding hydrogens is 492 g/mol. The summed E-state index contributed by atoms with van der Waals surface area (Å²) in [6.45, 7) is 1.30. The molecule has 15 heteroatoms. The Morgan fingerprint density at radius 1 is 1.11 bits per heavy atom. The van der Waals surface area contributed by atoms with Crippen LogP contribution < -0.4 is 33.6 Å². The number of hydrogen-bond donors (Lipinski definition) is 10. The van der Waals surface area contributed by atoms with E-state index in [-0.39, 0.29) is 32.2 Å². The van der Waals surface area contributed by atoms with Gasteiger partial charge in [0.2, 0.25) is 5.91 Å². The van der Waals surface area contributed by atoms with Crippen LogP contribution in [-0.2, 0) is 23.7 Å². The predicted octanol–water partition coefficient (Wildman–Crippen LogP) is -5.50. The molecule has 216 valence electrons. The van der Waals surface area contributed by atoms with E-state index in [0.717, 1.165) is 0 Å². The van der Waals surface area contributed by atoms with Crippen molar-refractivity contribution in [2.75, 3.05) is 26.7 Å². The second kappa shape index (κ2) is 12.9. The molecule has 37 heavy (non-hydrogen) atoms. The number of nitrogens with one attached hydrogen (secondary N) is 2. The van der Waals surface area contributed by atoms with E-state index in [1.54, 1.807) is 7.05 Å². The van der Waals surface area contributed by atoms with Crippen molar-refractivity contribution >= 4 is 5.91 Å². The SMILES string of the molecule is CN[C@H]1[C@@H](O)[C@@H](O[C@@H]2[C@@H](O)[C@H](O[C@H]3O[C@H](CN)CC[C@@H]3N)[C@@H](N)C[C@H]2NC(=O)C(O)CN)OC[C@@]1(C)O. The normalized spacial score (nSPS) is 45.8. The van der Waals surface area contributed by atoms with Gasteiger partial charge in [-0.25, -0.2) is 0 Å². The zero-order chi connectivity index (χ0) is 27.5. The number of hydrogen-bond acceptors (Lipinski definition) is 14. The quantitative estimate of drug-likeness (QED) is 0.132. The zero-order valence-electron chi connectivity index (χ0n) is 21.3. The fourth-order valence-electron chi connectivity index (χ4n) is 5.18. The lowest BCUT2D eigenvalue weighted by atomic mass is 9.83. The van der Waals surface area contributed by atoms with Crippen LogP contribution in [0.3, 0.4) is 0 Å². The molecule has 0 aromatic rings. The molecule has 2 aliphatic heterocycles. The minimum atomic E-state index is -1.48. The van der Waals surface area contributed by atoms with Gasteiger partial charge in [-0.3, -0.25) is 4.79 Å². The fraction of sp³-hybridized carbons (Fsp3) is 0.955. The van der Waals surface area contributed by atoms with Gasteiger partial charge in [-0.1, -0.05) is 0 Å². The highest BCUT2D eigenvalue weighted by atomic mass is 16.7. The van der Waals surface area contributed by atoms with Crippen LogP contribution >= 0.6 is 0 Å². The number of likely N-dealkylation sites (N-methyl/N-ethyl adjacent to an activating group) is 1. The first-order chi connectivity index (χ1) is 17.4. The third-order valence-electron chi connectivity index (χ3n) is 7.36. The van der Waals surface area contributed by atoms with Crippen LogP contribution in [0.2, 0.25) is 0 Å². The van der Waals surface area contributed by atoms with Gasteiger partial charge in [-0.2, -0.15) is 0 Å². The second-order valence-corrected chi connectivity index (χ2v) is 10.4. The molecule has 14 N–H and O–H groups in total. The van der Waals surface area contributed by atoms with Crippen LogP contribution in [0.5, 0.6) is 0 Å². The maximum atomic E-state index is 12.4. The van der Waals surface area contributed by atoms with E-state index in [4.69, 9.17) is 41.9 Å². The van der Waals surface area contributed by atoms with E-state index < -0.39 is 78.8 Å². The largest absolute Gasteiger partial charge is 0.388 e. The number of carbonyl (C=O) groups excluding carboxylic acids is 1. The Kier molecular flexibility index (Phi) is 10.6. The van der Waals surface area contributed by atoms with E-state index >= 15 is 0 Å². The molecular formula is C22H44N6O9. The monoisotopic (exact) mass is 536 g/mol. The van der Waals surface area contributed by atoms with Crippen molar-refractivity contribution in [2.24, 2.45) is 22.9 Å². The van der Waals surface area contributed by atoms with Gasteiger partial charge in [0.15, 0.2) is 12.6 Å². The Morgan fingerprint density at radius 2 is 1.78 bits per heavy atom. The molecule has 3 aliphatic rings. The summed E-state index contributed by atoms with van der Waals surface area (Å²) in [5.74, 6) is -0.774. The number of aliphatic hydroxyl groups is 4. The van der Waals surface area contributed by atoms with Crippen molar-refractivity contribution < 1.29 is 44.2 Å². The van der Waals surface area contributed by atoms with Crippen LogP contribution in [0, 0.1) is 0 Å². The molecule has 0 bridgehead atoms. The average Bonchev–Trinajstić information content (AvgIpc) is 2.85. The molecule has 2 heterocycles. The summed E-state index contributed by atoms with van der Waals surface area (Å²) in [6.07, 6.45) is -7.50. The van der Waals surface area contributed by atoms with Gasteiger partial charge < -0.3 is 72.9 Å². The molecule has 2 saturated heterocycles. The number of ether oxygens (including phenoxy) is 4. The summed E-state index contributed by atoms with van der Waals surface area (Å²) in [5, 5.41) is 48.1. The highest BCUT2D eigenvalue weighted by Gasteiger charge is 2.52. The number of rotatable bonds is 9. The van der Waals surface area contributed by atoms with Gasteiger partial charge in [-0.05, 0) is 33.2 Å². The fourth-order valence-corrected chi connectivity index (χ4v) is 5.18. The lowest BCUT2D eigenvalue weighted by molar-refractivity contribution is -0.307. The first-order valence-electron chi connectivity index (χ1n) is 12.7. The molecule has 0 spiro atoms. The summed E-state index contributed by atoms with van der Waals surface area (Å²) < 4.78 is 23.5. The molecule has 1 unspecified atom stereocenters. The van der Waals surface area contributed by atoms with Gasteiger partial charge in [0.1, 0.15) is 36.1 Å². The van der Waals surface area contributed by atoms with E-state index in [9.17, 15) is 25.2 Å². The van der Waals surface area contributed by atoms with Gasteiger partial charge >= 0.3 is 0 Å². The van der Waals surface area contributed by atoms with Crippen LogP contribution in [0.15, 0.2) is 0 Å². The molecule has 0 radical (unpaired) electrons. The standard InChI is InChI=1S/C22H44N6O9/c1-22(33)8-34-21(15(31)18(22)27-2)37-17-12(28-19(32)13(29)7-24)5-11(26)16(14(17)30)36-20-10(25)4-3-9(6-23)35-20/h9-18,20-21,27,29-31,33H,3-8,23-26H2,1-2H3,(H,28,32)/t9-,10-,11-,12+,13?,14-,15+,16+,17-,18-,20+,21+,22+/m0/s1. The van der Waals surface area contributed by atoms with Crippen molar-refractivity contribution in [3.8, 4) is 0 Å². The van der Waals surface area contributed by atoms with Crippen LogP contribution in [0.4, 0.5) is 0 Å². The molecule has 1 saturated carbocycles. The molecule has 1 aliphatic carbocycles. The Balaban J connectivity index is 1.81. The minimum absolute atomic E-state index is 0.0771. The number of carbonyl (C=O) groups is 1. The van der Waals surface area contributed by atoms with Gasteiger partial charge in [0.05, 0.1) is 30.8 Å². The molecule has 3 rings (SSSR count). The topological polar surface area (TPSA) is 263 Å². The molecule has 13 atom stereocenters. The Hall–Kier alpha value is -1.05. The number of amides is 1. The predicted molar refractivity (Wildman–Crippen MR) is 129 cm³/mol. The van der Waals surface area contributed by atoms with Gasteiger partial charge in [-0.15, -0.1) is 0 Å². The average molecular weight is 537 g/mol. The van der Waals surface area contributed by atoms with Crippen molar-refractivity contribution in [3.05, 3.63) is 0 Å². The van der Waals surface area contributed by atoms with Crippen LogP contribution in [0.1, 0.15) is 26.2 Å². The van der Waals surface area contributed by atoms with Crippen molar-refractivity contribution in [2.45, 2.75) is 105 Å². The van der Waals surface area contributed by atoms with E-state index in [1.165, 1.54) is 6.92 Å². The summed E-state index contributed by atoms with van der Waals surface area (Å²) in [5.41, 5.74) is 22.3. The first kappa shape index (κ1) is 30.5. The molecule has 3 fully saturated rings. The Morgan fingerprint density at radius 3 is 2.41 bits per heavy atom. The maximum Gasteiger partial charge on any atom is 0.250 e. The Labute approximate surface area is 216 Å². The van der Waals surface area contributed by atoms with E-state index in [2.05, 4.69) is 10.6 Å². The van der Waals surface area contributed by atoms with Gasteiger partial charge in [0, 0.05) is 19.1 Å². The summed E-state index contributed by atoms with van der Waals surface area (Å²) in [7, 11) is 1.57. The highest BCUT2D eigenvalue weighted by molar-refractivity contribution is 5.81.